The molecule has 7 aliphatic rings. The molecule has 0 aromatic heterocycles. The van der Waals surface area contributed by atoms with Crippen molar-refractivity contribution in [1.82, 2.24) is 0 Å². The predicted molar refractivity (Wildman–Crippen MR) is 60.3 cm³/mol. The third-order valence-corrected chi connectivity index (χ3v) is 7.86. The minimum Gasteiger partial charge on any atom is -0.0654 e. The van der Waals surface area contributed by atoms with Gasteiger partial charge in [0.05, 0.1) is 0 Å². The molecule has 7 rings (SSSR count). The van der Waals surface area contributed by atoms with Gasteiger partial charge in [-0.3, -0.25) is 0 Å². The van der Waals surface area contributed by atoms with Crippen LogP contribution in [0, 0.1) is 39.9 Å². The molecule has 0 nitrogen and oxygen atoms in total. The highest BCUT2D eigenvalue weighted by molar-refractivity contribution is 5.49. The molecule has 0 aromatic carbocycles. The lowest BCUT2D eigenvalue weighted by atomic mass is 9.26. The fraction of sp³-hybridized carbons (Fsp3) is 1.00. The highest BCUT2D eigenvalue weighted by Gasteiger charge is 3.02. The Morgan fingerprint density at radius 1 is 1.27 bits per heavy atom. The van der Waals surface area contributed by atoms with Crippen molar-refractivity contribution in [3.63, 3.8) is 0 Å². The van der Waals surface area contributed by atoms with Gasteiger partial charge in [0.25, 0.3) is 0 Å². The second kappa shape index (κ2) is 1.83. The summed E-state index contributed by atoms with van der Waals surface area (Å²) >= 11 is 0. The predicted octanol–water partition coefficient (Wildman–Crippen LogP) is 3.86. The molecule has 7 aliphatic carbocycles. The van der Waals surface area contributed by atoms with Crippen LogP contribution in [0.4, 0.5) is 0 Å². The monoisotopic (exact) mass is 202 g/mol. The van der Waals surface area contributed by atoms with E-state index in [9.17, 15) is 0 Å². The minimum atomic E-state index is 0.861. The molecule has 2 spiro atoms. The highest BCUT2D eigenvalue weighted by Crippen LogP contribution is 3.07. The first-order valence-corrected chi connectivity index (χ1v) is 7.21. The van der Waals surface area contributed by atoms with E-state index in [1.807, 2.05) is 0 Å². The lowest BCUT2D eigenvalue weighted by Gasteiger charge is -2.77. The molecule has 0 radical (unpaired) electrons. The number of hydrogen-bond acceptors (Lipinski definition) is 0. The molecule has 0 amide bonds. The zero-order valence-electron chi connectivity index (χ0n) is 10.1. The summed E-state index contributed by atoms with van der Waals surface area (Å²) < 4.78 is 0. The van der Waals surface area contributed by atoms with Gasteiger partial charge in [-0.1, -0.05) is 26.7 Å². The first kappa shape index (κ1) is 8.14. The Bertz CT molecular complexity index is 372. The smallest absolute Gasteiger partial charge is 0.0142 e. The molecule has 4 bridgehead atoms. The fourth-order valence-electron chi connectivity index (χ4n) is 7.87. The Kier molecular flexibility index (Phi) is 0.991. The largest absolute Gasteiger partial charge is 0.0654 e. The molecule has 0 saturated heterocycles. The molecule has 82 valence electrons. The van der Waals surface area contributed by atoms with Crippen LogP contribution >= 0.6 is 0 Å². The Morgan fingerprint density at radius 2 is 2.13 bits per heavy atom. The molecular weight excluding hydrogens is 180 g/mol. The maximum absolute atomic E-state index is 2.61. The average molecular weight is 202 g/mol. The number of hydrogen-bond donors (Lipinski definition) is 0. The third kappa shape index (κ3) is 0.463. The fourth-order valence-corrected chi connectivity index (χ4v) is 7.87. The van der Waals surface area contributed by atoms with Crippen LogP contribution in [-0.2, 0) is 0 Å². The second-order valence-corrected chi connectivity index (χ2v) is 7.70. The van der Waals surface area contributed by atoms with Gasteiger partial charge < -0.3 is 0 Å². The van der Waals surface area contributed by atoms with E-state index in [1.165, 1.54) is 24.2 Å². The summed E-state index contributed by atoms with van der Waals surface area (Å²) in [5.74, 6) is 4.85. The van der Waals surface area contributed by atoms with Gasteiger partial charge in [0.15, 0.2) is 0 Å². The van der Waals surface area contributed by atoms with Crippen molar-refractivity contribution in [2.24, 2.45) is 39.9 Å². The Balaban J connectivity index is 1.55. The molecule has 15 heavy (non-hydrogen) atoms. The van der Waals surface area contributed by atoms with Gasteiger partial charge >= 0.3 is 0 Å². The average Bonchev–Trinajstić information content (AvgIpc) is 2.60. The van der Waals surface area contributed by atoms with E-state index in [4.69, 9.17) is 0 Å². The van der Waals surface area contributed by atoms with Gasteiger partial charge in [0.1, 0.15) is 0 Å². The summed E-state index contributed by atoms with van der Waals surface area (Å²) in [4.78, 5) is 0. The summed E-state index contributed by atoms with van der Waals surface area (Å²) in [6, 6.07) is 0. The summed E-state index contributed by atoms with van der Waals surface area (Å²) in [6.45, 7) is 4.99. The highest BCUT2D eigenvalue weighted by atomic mass is 15.1. The van der Waals surface area contributed by atoms with E-state index >= 15 is 0 Å². The van der Waals surface area contributed by atoms with Gasteiger partial charge in [0.2, 0.25) is 0 Å². The van der Waals surface area contributed by atoms with Crippen molar-refractivity contribution in [2.75, 3.05) is 0 Å². The molecule has 0 heteroatoms. The van der Waals surface area contributed by atoms with E-state index in [0.29, 0.717) is 0 Å². The van der Waals surface area contributed by atoms with Gasteiger partial charge in [-0.15, -0.1) is 0 Å². The first-order chi connectivity index (χ1) is 7.21. The van der Waals surface area contributed by atoms with Crippen molar-refractivity contribution in [1.29, 1.82) is 0 Å². The summed E-state index contributed by atoms with van der Waals surface area (Å²) in [5.41, 5.74) is 2.77. The van der Waals surface area contributed by atoms with E-state index < -0.39 is 0 Å². The van der Waals surface area contributed by atoms with Crippen molar-refractivity contribution < 1.29 is 0 Å². The summed E-state index contributed by atoms with van der Waals surface area (Å²) in [7, 11) is 0. The number of rotatable bonds is 2. The van der Waals surface area contributed by atoms with Crippen molar-refractivity contribution in [3.8, 4) is 0 Å². The maximum Gasteiger partial charge on any atom is -0.0142 e. The van der Waals surface area contributed by atoms with Crippen LogP contribution in [0.3, 0.4) is 0 Å². The van der Waals surface area contributed by atoms with Crippen LogP contribution < -0.4 is 0 Å². The SMILES string of the molecule is CCCC1CC[C@@]23C4CC5(C)CC52C4C13. The van der Waals surface area contributed by atoms with Crippen molar-refractivity contribution >= 4 is 0 Å². The van der Waals surface area contributed by atoms with Crippen LogP contribution in [-0.4, -0.2) is 0 Å². The molecule has 0 aromatic rings. The normalized spacial score (nSPS) is 75.6. The van der Waals surface area contributed by atoms with Gasteiger partial charge in [0, 0.05) is 0 Å². The van der Waals surface area contributed by atoms with E-state index in [0.717, 1.165) is 22.2 Å². The Morgan fingerprint density at radius 3 is 2.73 bits per heavy atom. The van der Waals surface area contributed by atoms with Crippen LogP contribution in [0.15, 0.2) is 0 Å². The van der Waals surface area contributed by atoms with Crippen LogP contribution in [0.2, 0.25) is 0 Å². The van der Waals surface area contributed by atoms with E-state index in [1.54, 1.807) is 32.1 Å². The van der Waals surface area contributed by atoms with E-state index in [2.05, 4.69) is 13.8 Å². The lowest BCUT2D eigenvalue weighted by Crippen LogP contribution is -2.74. The summed E-state index contributed by atoms with van der Waals surface area (Å²) in [5, 5.41) is 0. The van der Waals surface area contributed by atoms with Crippen molar-refractivity contribution in [2.45, 2.75) is 52.4 Å². The topological polar surface area (TPSA) is 0 Å². The maximum atomic E-state index is 2.61. The standard InChI is InChI=1S/C15H22/c1-3-4-9-5-6-14-10-7-13(2)8-15(13,14)12(10)11(9)14/h9-12H,3-8H2,1-2H3/t9?,10?,11?,12?,13?,14-,15?/m0/s1. The Hall–Kier alpha value is 0. The van der Waals surface area contributed by atoms with Crippen LogP contribution in [0.5, 0.6) is 0 Å². The zero-order chi connectivity index (χ0) is 10.1. The molecule has 7 fully saturated rings. The molecular formula is C15H22. The van der Waals surface area contributed by atoms with Gasteiger partial charge in [-0.05, 0) is 65.6 Å². The van der Waals surface area contributed by atoms with E-state index in [-0.39, 0.29) is 0 Å². The second-order valence-electron chi connectivity index (χ2n) is 7.70. The van der Waals surface area contributed by atoms with Crippen LogP contribution in [0.1, 0.15) is 52.4 Å². The molecule has 0 heterocycles. The van der Waals surface area contributed by atoms with Gasteiger partial charge in [-0.2, -0.15) is 0 Å². The zero-order valence-corrected chi connectivity index (χ0v) is 10.1. The molecule has 7 saturated carbocycles. The van der Waals surface area contributed by atoms with Crippen molar-refractivity contribution in [3.05, 3.63) is 0 Å². The molecule has 6 unspecified atom stereocenters. The Labute approximate surface area is 92.8 Å². The molecule has 0 aliphatic heterocycles. The third-order valence-electron chi connectivity index (χ3n) is 7.86. The molecule has 7 atom stereocenters. The quantitative estimate of drug-likeness (QED) is 0.638. The van der Waals surface area contributed by atoms with Crippen LogP contribution in [0.25, 0.3) is 0 Å². The molecule has 0 N–H and O–H groups in total. The first-order valence-electron chi connectivity index (χ1n) is 7.21. The van der Waals surface area contributed by atoms with Gasteiger partial charge in [-0.25, -0.2) is 0 Å². The summed E-state index contributed by atoms with van der Waals surface area (Å²) in [6.07, 6.45) is 9.48. The lowest BCUT2D eigenvalue weighted by molar-refractivity contribution is -0.311. The minimum absolute atomic E-state index is 0.861.